The molecular weight excluding hydrogens is 294 g/mol. The maximum Gasteiger partial charge on any atom is 0.0182 e. The SMILES string of the molecule is CCCCCCC(CC)C(N)(CCCCCC)CCCCCC.O. The van der Waals surface area contributed by atoms with Gasteiger partial charge < -0.3 is 11.2 Å². The van der Waals surface area contributed by atoms with E-state index in [1.807, 2.05) is 0 Å². The second-order valence-corrected chi connectivity index (χ2v) is 7.81. The van der Waals surface area contributed by atoms with Gasteiger partial charge in [0.15, 0.2) is 0 Å². The van der Waals surface area contributed by atoms with Gasteiger partial charge in [0.2, 0.25) is 0 Å². The standard InChI is InChI=1S/C22H47N.H2O/c1-5-9-12-15-18-21(8-4)22(23,19-16-13-10-6-2)20-17-14-11-7-3;/h21H,5-20,23H2,1-4H3;1H2. The molecule has 0 aromatic rings. The zero-order chi connectivity index (χ0) is 17.4. The average molecular weight is 344 g/mol. The summed E-state index contributed by atoms with van der Waals surface area (Å²) in [5, 5.41) is 0. The molecule has 0 aliphatic carbocycles. The molecule has 2 nitrogen and oxygen atoms in total. The van der Waals surface area contributed by atoms with Gasteiger partial charge in [0.05, 0.1) is 0 Å². The first-order chi connectivity index (χ1) is 11.1. The maximum atomic E-state index is 7.03. The first kappa shape index (κ1) is 26.2. The third-order valence-corrected chi connectivity index (χ3v) is 5.70. The topological polar surface area (TPSA) is 57.5 Å². The Bertz CT molecular complexity index is 230. The van der Waals surface area contributed by atoms with Crippen LogP contribution in [-0.2, 0) is 0 Å². The van der Waals surface area contributed by atoms with Gasteiger partial charge >= 0.3 is 0 Å². The fraction of sp³-hybridized carbons (Fsp3) is 1.00. The molecule has 0 amide bonds. The molecule has 0 saturated heterocycles. The van der Waals surface area contributed by atoms with Gasteiger partial charge in [-0.2, -0.15) is 0 Å². The summed E-state index contributed by atoms with van der Waals surface area (Å²) in [6.07, 6.45) is 21.4. The summed E-state index contributed by atoms with van der Waals surface area (Å²) in [5.41, 5.74) is 7.15. The van der Waals surface area contributed by atoms with E-state index in [0.717, 1.165) is 5.92 Å². The van der Waals surface area contributed by atoms with Crippen molar-refractivity contribution in [3.05, 3.63) is 0 Å². The molecule has 1 unspecified atom stereocenters. The zero-order valence-corrected chi connectivity index (χ0v) is 17.5. The van der Waals surface area contributed by atoms with Crippen LogP contribution in [0.2, 0.25) is 0 Å². The summed E-state index contributed by atoms with van der Waals surface area (Å²) >= 11 is 0. The van der Waals surface area contributed by atoms with Gasteiger partial charge in [0.25, 0.3) is 0 Å². The van der Waals surface area contributed by atoms with Crippen LogP contribution in [0.5, 0.6) is 0 Å². The minimum atomic E-state index is 0. The molecule has 0 rings (SSSR count). The highest BCUT2D eigenvalue weighted by atomic mass is 16.0. The van der Waals surface area contributed by atoms with Crippen molar-refractivity contribution in [2.24, 2.45) is 11.7 Å². The monoisotopic (exact) mass is 343 g/mol. The van der Waals surface area contributed by atoms with Crippen LogP contribution in [0.25, 0.3) is 0 Å². The lowest BCUT2D eigenvalue weighted by atomic mass is 9.73. The van der Waals surface area contributed by atoms with Gasteiger partial charge in [-0.05, 0) is 25.2 Å². The van der Waals surface area contributed by atoms with E-state index >= 15 is 0 Å². The molecule has 0 radical (unpaired) electrons. The number of unbranched alkanes of at least 4 members (excludes halogenated alkanes) is 9. The molecule has 0 saturated carbocycles. The first-order valence-electron chi connectivity index (χ1n) is 10.9. The van der Waals surface area contributed by atoms with Crippen molar-refractivity contribution < 1.29 is 5.48 Å². The van der Waals surface area contributed by atoms with Crippen LogP contribution < -0.4 is 5.73 Å². The van der Waals surface area contributed by atoms with Gasteiger partial charge in [0.1, 0.15) is 0 Å². The van der Waals surface area contributed by atoms with Crippen molar-refractivity contribution in [1.82, 2.24) is 0 Å². The maximum absolute atomic E-state index is 7.03. The summed E-state index contributed by atoms with van der Waals surface area (Å²) in [5.74, 6) is 0.739. The van der Waals surface area contributed by atoms with Gasteiger partial charge in [-0.1, -0.05) is 111 Å². The molecule has 24 heavy (non-hydrogen) atoms. The molecule has 0 aliphatic heterocycles. The smallest absolute Gasteiger partial charge is 0.0182 e. The number of nitrogens with two attached hydrogens (primary N) is 1. The Morgan fingerprint density at radius 2 is 1.04 bits per heavy atom. The van der Waals surface area contributed by atoms with Crippen LogP contribution in [0.15, 0.2) is 0 Å². The first-order valence-corrected chi connectivity index (χ1v) is 10.9. The summed E-state index contributed by atoms with van der Waals surface area (Å²) in [6, 6.07) is 0. The largest absolute Gasteiger partial charge is 0.412 e. The van der Waals surface area contributed by atoms with E-state index in [2.05, 4.69) is 27.7 Å². The predicted molar refractivity (Wildman–Crippen MR) is 111 cm³/mol. The summed E-state index contributed by atoms with van der Waals surface area (Å²) in [4.78, 5) is 0. The van der Waals surface area contributed by atoms with E-state index in [4.69, 9.17) is 5.73 Å². The lowest BCUT2D eigenvalue weighted by Crippen LogP contribution is -2.47. The summed E-state index contributed by atoms with van der Waals surface area (Å²) in [6.45, 7) is 9.25. The predicted octanol–water partition coefficient (Wildman–Crippen LogP) is 6.80. The van der Waals surface area contributed by atoms with Crippen molar-refractivity contribution in [1.29, 1.82) is 0 Å². The van der Waals surface area contributed by atoms with Crippen LogP contribution in [0.4, 0.5) is 0 Å². The Morgan fingerprint density at radius 1 is 0.625 bits per heavy atom. The lowest BCUT2D eigenvalue weighted by Gasteiger charge is -2.38. The van der Waals surface area contributed by atoms with E-state index < -0.39 is 0 Å². The van der Waals surface area contributed by atoms with Gasteiger partial charge in [-0.25, -0.2) is 0 Å². The molecule has 0 aliphatic rings. The van der Waals surface area contributed by atoms with Crippen LogP contribution in [0, 0.1) is 5.92 Å². The second-order valence-electron chi connectivity index (χ2n) is 7.81. The lowest BCUT2D eigenvalue weighted by molar-refractivity contribution is 0.199. The summed E-state index contributed by atoms with van der Waals surface area (Å²) < 4.78 is 0. The molecule has 0 aromatic carbocycles. The Balaban J connectivity index is 0. The van der Waals surface area contributed by atoms with E-state index in [9.17, 15) is 0 Å². The Hall–Kier alpha value is -0.0800. The quantitative estimate of drug-likeness (QED) is 0.290. The molecule has 148 valence electrons. The molecule has 0 aromatic heterocycles. The van der Waals surface area contributed by atoms with Crippen LogP contribution in [0.3, 0.4) is 0 Å². The Labute approximate surface area is 153 Å². The van der Waals surface area contributed by atoms with Gasteiger partial charge in [-0.15, -0.1) is 0 Å². The van der Waals surface area contributed by atoms with Gasteiger partial charge in [0, 0.05) is 5.54 Å². The highest BCUT2D eigenvalue weighted by Crippen LogP contribution is 2.33. The molecular formula is C22H49NO. The fourth-order valence-electron chi connectivity index (χ4n) is 4.01. The average Bonchev–Trinajstić information content (AvgIpc) is 2.56. The molecule has 4 N–H and O–H groups in total. The number of rotatable bonds is 17. The van der Waals surface area contributed by atoms with Crippen molar-refractivity contribution in [3.63, 3.8) is 0 Å². The third kappa shape index (κ3) is 12.3. The number of hydrogen-bond acceptors (Lipinski definition) is 1. The fourth-order valence-corrected chi connectivity index (χ4v) is 4.01. The van der Waals surface area contributed by atoms with E-state index in [-0.39, 0.29) is 11.0 Å². The normalized spacial score (nSPS) is 12.9. The van der Waals surface area contributed by atoms with Gasteiger partial charge in [-0.3, -0.25) is 0 Å². The van der Waals surface area contributed by atoms with Crippen LogP contribution in [-0.4, -0.2) is 11.0 Å². The van der Waals surface area contributed by atoms with E-state index in [1.54, 1.807) is 0 Å². The highest BCUT2D eigenvalue weighted by molar-refractivity contribution is 4.90. The van der Waals surface area contributed by atoms with E-state index in [0.29, 0.717) is 0 Å². The van der Waals surface area contributed by atoms with Crippen molar-refractivity contribution in [2.45, 2.75) is 136 Å². The molecule has 0 heterocycles. The minimum absolute atomic E-state index is 0. The van der Waals surface area contributed by atoms with E-state index in [1.165, 1.54) is 103 Å². The van der Waals surface area contributed by atoms with Crippen LogP contribution in [0.1, 0.15) is 130 Å². The zero-order valence-electron chi connectivity index (χ0n) is 17.5. The molecule has 1 atom stereocenters. The molecule has 0 fully saturated rings. The van der Waals surface area contributed by atoms with Crippen molar-refractivity contribution in [2.75, 3.05) is 0 Å². The Morgan fingerprint density at radius 3 is 1.42 bits per heavy atom. The van der Waals surface area contributed by atoms with Crippen molar-refractivity contribution in [3.8, 4) is 0 Å². The van der Waals surface area contributed by atoms with Crippen LogP contribution >= 0.6 is 0 Å². The number of hydrogen-bond donors (Lipinski definition) is 1. The second kappa shape index (κ2) is 17.7. The van der Waals surface area contributed by atoms with Crippen molar-refractivity contribution >= 4 is 0 Å². The third-order valence-electron chi connectivity index (χ3n) is 5.70. The molecule has 2 heteroatoms. The highest BCUT2D eigenvalue weighted by Gasteiger charge is 2.32. The molecule has 0 bridgehead atoms. The molecule has 0 spiro atoms. The summed E-state index contributed by atoms with van der Waals surface area (Å²) in [7, 11) is 0. The Kier molecular flexibility index (Phi) is 19.3. The minimum Gasteiger partial charge on any atom is -0.412 e.